The predicted octanol–water partition coefficient (Wildman–Crippen LogP) is -0.0602. The highest BCUT2D eigenvalue weighted by Gasteiger charge is 2.09. The van der Waals surface area contributed by atoms with Crippen molar-refractivity contribution in [3.8, 4) is 0 Å². The van der Waals surface area contributed by atoms with Crippen LogP contribution in [0.15, 0.2) is 49.1 Å². The molecule has 2 rings (SSSR count). The molecule has 22 heavy (non-hydrogen) atoms. The Labute approximate surface area is 129 Å². The number of nitrogens with two attached hydrogens (primary N) is 2. The lowest BCUT2D eigenvalue weighted by Gasteiger charge is -1.99. The third-order valence-electron chi connectivity index (χ3n) is 3.37. The number of aromatic nitrogens is 2. The van der Waals surface area contributed by atoms with Crippen LogP contribution in [0.3, 0.4) is 0 Å². The number of hydrogen-bond donors (Lipinski definition) is 2. The number of carbonyl (C=O) groups is 2. The summed E-state index contributed by atoms with van der Waals surface area (Å²) in [5.74, 6) is -0.846. The Balaban J connectivity index is 1.84. The third kappa shape index (κ3) is 4.37. The molecule has 0 unspecified atom stereocenters. The maximum atomic E-state index is 11.1. The minimum absolute atomic E-state index is 0.423. The summed E-state index contributed by atoms with van der Waals surface area (Å²) in [5, 5.41) is 0. The normalized spacial score (nSPS) is 10.4. The standard InChI is InChI=1S/C16H18N4O2/c17-15(21)13-5-3-9-19(11-13)7-1-2-8-20-10-4-6-14(12-20)16(18)22/h3-6,9-12H,1-2,7-8H2,(H2-2,17,18,21,22)/p+2. The Bertz CT molecular complexity index is 626. The highest BCUT2D eigenvalue weighted by molar-refractivity contribution is 5.92. The van der Waals surface area contributed by atoms with E-state index >= 15 is 0 Å². The van der Waals surface area contributed by atoms with Crippen molar-refractivity contribution >= 4 is 11.8 Å². The van der Waals surface area contributed by atoms with Gasteiger partial charge in [0.1, 0.15) is 24.2 Å². The number of rotatable bonds is 7. The zero-order valence-electron chi connectivity index (χ0n) is 12.3. The average Bonchev–Trinajstić information content (AvgIpc) is 2.52. The first-order valence-electron chi connectivity index (χ1n) is 7.14. The second-order valence-corrected chi connectivity index (χ2v) is 5.10. The SMILES string of the molecule is NC(=O)c1ccc[n+](CCCC[n+]2cccc(C(N)=O)c2)c1. The van der Waals surface area contributed by atoms with Gasteiger partial charge in [-0.15, -0.1) is 0 Å². The molecule has 0 aliphatic carbocycles. The Morgan fingerprint density at radius 2 is 1.23 bits per heavy atom. The number of nitrogens with zero attached hydrogens (tertiary/aromatic N) is 2. The lowest BCUT2D eigenvalue weighted by molar-refractivity contribution is -0.708. The quantitative estimate of drug-likeness (QED) is 0.553. The van der Waals surface area contributed by atoms with Crippen LogP contribution in [0, 0.1) is 0 Å². The van der Waals surface area contributed by atoms with Gasteiger partial charge in [0.25, 0.3) is 11.8 Å². The number of aryl methyl sites for hydroxylation is 2. The molecule has 4 N–H and O–H groups in total. The van der Waals surface area contributed by atoms with Gasteiger partial charge in [-0.2, -0.15) is 0 Å². The molecule has 0 saturated carbocycles. The zero-order valence-corrected chi connectivity index (χ0v) is 12.3. The summed E-state index contributed by atoms with van der Waals surface area (Å²) < 4.78 is 3.90. The fraction of sp³-hybridized carbons (Fsp3) is 0.250. The summed E-state index contributed by atoms with van der Waals surface area (Å²) in [6.07, 6.45) is 9.22. The number of pyridine rings is 2. The van der Waals surface area contributed by atoms with Crippen molar-refractivity contribution in [2.45, 2.75) is 25.9 Å². The Morgan fingerprint density at radius 3 is 1.59 bits per heavy atom. The first kappa shape index (κ1) is 15.6. The average molecular weight is 300 g/mol. The van der Waals surface area contributed by atoms with Crippen LogP contribution in [-0.2, 0) is 13.1 Å². The van der Waals surface area contributed by atoms with E-state index in [-0.39, 0.29) is 0 Å². The van der Waals surface area contributed by atoms with Crippen molar-refractivity contribution < 1.29 is 18.7 Å². The molecular formula is C16H20N4O2+2. The van der Waals surface area contributed by atoms with Gasteiger partial charge in [-0.25, -0.2) is 9.13 Å². The van der Waals surface area contributed by atoms with Gasteiger partial charge in [-0.05, 0) is 12.1 Å². The summed E-state index contributed by atoms with van der Waals surface area (Å²) >= 11 is 0. The number of amides is 2. The second-order valence-electron chi connectivity index (χ2n) is 5.10. The molecule has 0 bridgehead atoms. The van der Waals surface area contributed by atoms with E-state index in [1.165, 1.54) is 0 Å². The van der Waals surface area contributed by atoms with Crippen LogP contribution in [0.25, 0.3) is 0 Å². The number of primary amides is 2. The minimum atomic E-state index is -0.423. The van der Waals surface area contributed by atoms with Crippen molar-refractivity contribution in [2.24, 2.45) is 11.5 Å². The van der Waals surface area contributed by atoms with E-state index in [4.69, 9.17) is 11.5 Å². The lowest BCUT2D eigenvalue weighted by atomic mass is 10.2. The van der Waals surface area contributed by atoms with E-state index in [2.05, 4.69) is 0 Å². The molecule has 2 aromatic heterocycles. The highest BCUT2D eigenvalue weighted by Crippen LogP contribution is 1.96. The topological polar surface area (TPSA) is 93.9 Å². The van der Waals surface area contributed by atoms with Gasteiger partial charge in [-0.1, -0.05) is 0 Å². The molecule has 0 fully saturated rings. The van der Waals surface area contributed by atoms with Gasteiger partial charge in [0, 0.05) is 25.0 Å². The second kappa shape index (κ2) is 7.31. The molecule has 114 valence electrons. The van der Waals surface area contributed by atoms with Crippen molar-refractivity contribution in [1.29, 1.82) is 0 Å². The van der Waals surface area contributed by atoms with Gasteiger partial charge >= 0.3 is 0 Å². The smallest absolute Gasteiger partial charge is 0.254 e. The van der Waals surface area contributed by atoms with E-state index in [1.807, 2.05) is 33.7 Å². The van der Waals surface area contributed by atoms with Crippen LogP contribution in [0.4, 0.5) is 0 Å². The molecule has 0 aliphatic heterocycles. The van der Waals surface area contributed by atoms with Crippen LogP contribution in [0.5, 0.6) is 0 Å². The molecule has 0 atom stereocenters. The Morgan fingerprint density at radius 1 is 0.818 bits per heavy atom. The molecule has 0 aromatic carbocycles. The molecule has 0 radical (unpaired) electrons. The Kier molecular flexibility index (Phi) is 5.19. The van der Waals surface area contributed by atoms with Gasteiger partial charge < -0.3 is 11.5 Å². The van der Waals surface area contributed by atoms with E-state index < -0.39 is 11.8 Å². The highest BCUT2D eigenvalue weighted by atomic mass is 16.1. The summed E-state index contributed by atoms with van der Waals surface area (Å²) in [7, 11) is 0. The van der Waals surface area contributed by atoms with Gasteiger partial charge in [0.2, 0.25) is 0 Å². The molecule has 0 aliphatic rings. The van der Waals surface area contributed by atoms with Gasteiger partial charge in [-0.3, -0.25) is 9.59 Å². The van der Waals surface area contributed by atoms with Crippen molar-refractivity contribution in [3.05, 3.63) is 60.2 Å². The van der Waals surface area contributed by atoms with Gasteiger partial charge in [0.05, 0.1) is 0 Å². The minimum Gasteiger partial charge on any atom is -0.365 e. The van der Waals surface area contributed by atoms with Crippen LogP contribution < -0.4 is 20.6 Å². The first-order valence-corrected chi connectivity index (χ1v) is 7.14. The Hall–Kier alpha value is -2.76. The van der Waals surface area contributed by atoms with Crippen LogP contribution in [-0.4, -0.2) is 11.8 Å². The summed E-state index contributed by atoms with van der Waals surface area (Å²) in [6.45, 7) is 1.61. The lowest BCUT2D eigenvalue weighted by Crippen LogP contribution is -2.37. The number of unbranched alkanes of at least 4 members (excludes halogenated alkanes) is 1. The van der Waals surface area contributed by atoms with E-state index in [9.17, 15) is 9.59 Å². The molecule has 2 aromatic rings. The molecular weight excluding hydrogens is 280 g/mol. The van der Waals surface area contributed by atoms with Crippen molar-refractivity contribution in [2.75, 3.05) is 0 Å². The van der Waals surface area contributed by atoms with E-state index in [0.717, 1.165) is 25.9 Å². The molecule has 0 saturated heterocycles. The summed E-state index contributed by atoms with van der Waals surface area (Å²) in [5.41, 5.74) is 11.5. The molecule has 0 spiro atoms. The van der Waals surface area contributed by atoms with E-state index in [1.54, 1.807) is 24.5 Å². The fourth-order valence-corrected chi connectivity index (χ4v) is 2.20. The fourth-order valence-electron chi connectivity index (χ4n) is 2.20. The predicted molar refractivity (Wildman–Crippen MR) is 79.5 cm³/mol. The summed E-state index contributed by atoms with van der Waals surface area (Å²) in [6, 6.07) is 7.02. The monoisotopic (exact) mass is 300 g/mol. The maximum absolute atomic E-state index is 11.1. The largest absolute Gasteiger partial charge is 0.365 e. The maximum Gasteiger partial charge on any atom is 0.254 e. The van der Waals surface area contributed by atoms with Crippen LogP contribution in [0.1, 0.15) is 33.6 Å². The molecule has 6 nitrogen and oxygen atoms in total. The van der Waals surface area contributed by atoms with Crippen LogP contribution in [0.2, 0.25) is 0 Å². The molecule has 6 heteroatoms. The number of carbonyl (C=O) groups excluding carboxylic acids is 2. The summed E-state index contributed by atoms with van der Waals surface area (Å²) in [4.78, 5) is 22.2. The van der Waals surface area contributed by atoms with Crippen molar-refractivity contribution in [3.63, 3.8) is 0 Å². The van der Waals surface area contributed by atoms with E-state index in [0.29, 0.717) is 11.1 Å². The zero-order chi connectivity index (χ0) is 15.9. The van der Waals surface area contributed by atoms with Crippen LogP contribution >= 0.6 is 0 Å². The van der Waals surface area contributed by atoms with Crippen molar-refractivity contribution in [1.82, 2.24) is 0 Å². The first-order chi connectivity index (χ1) is 10.6. The molecule has 2 amide bonds. The van der Waals surface area contributed by atoms with Gasteiger partial charge in [0.15, 0.2) is 24.8 Å². The third-order valence-corrected chi connectivity index (χ3v) is 3.37. The molecule has 2 heterocycles. The number of hydrogen-bond acceptors (Lipinski definition) is 2.